The highest BCUT2D eigenvalue weighted by Gasteiger charge is 2.84. The largest absolute Gasteiger partial charge is 0.486 e. The second-order valence-electron chi connectivity index (χ2n) is 13.4. The van der Waals surface area contributed by atoms with Crippen LogP contribution in [-0.4, -0.2) is 24.4 Å². The molecular formula is C28H39F3O3. The number of allylic oxidation sites excluding steroid dienone is 2. The fourth-order valence-electron chi connectivity index (χ4n) is 11.3. The lowest BCUT2D eigenvalue weighted by Gasteiger charge is -2.59. The van der Waals surface area contributed by atoms with Gasteiger partial charge in [0.25, 0.3) is 0 Å². The molecule has 5 fully saturated rings. The lowest BCUT2D eigenvalue weighted by molar-refractivity contribution is -0.173. The van der Waals surface area contributed by atoms with Gasteiger partial charge in [-0.3, -0.25) is 4.79 Å². The van der Waals surface area contributed by atoms with E-state index in [1.807, 2.05) is 0 Å². The Morgan fingerprint density at radius 2 is 1.76 bits per heavy atom. The summed E-state index contributed by atoms with van der Waals surface area (Å²) in [6.07, 6.45) is 4.48. The van der Waals surface area contributed by atoms with Crippen molar-refractivity contribution in [3.8, 4) is 0 Å². The number of esters is 1. The number of fused-ring (bicyclic) bond motifs is 4. The second kappa shape index (κ2) is 6.76. The summed E-state index contributed by atoms with van der Waals surface area (Å²) in [4.78, 5) is 11.8. The third-order valence-corrected chi connectivity index (χ3v) is 12.5. The van der Waals surface area contributed by atoms with Crippen molar-refractivity contribution in [2.45, 2.75) is 104 Å². The molecule has 1 heterocycles. The Hall–Kier alpha value is -1.20. The fourth-order valence-corrected chi connectivity index (χ4v) is 11.3. The van der Waals surface area contributed by atoms with Gasteiger partial charge in [-0.25, -0.2) is 0 Å². The van der Waals surface area contributed by atoms with Crippen LogP contribution in [-0.2, 0) is 14.3 Å². The summed E-state index contributed by atoms with van der Waals surface area (Å²) in [5.74, 6) is 1.42. The van der Waals surface area contributed by atoms with Crippen molar-refractivity contribution in [3.63, 3.8) is 0 Å². The Balaban J connectivity index is 1.30. The van der Waals surface area contributed by atoms with E-state index in [4.69, 9.17) is 9.47 Å². The van der Waals surface area contributed by atoms with Gasteiger partial charge in [0, 0.05) is 18.3 Å². The summed E-state index contributed by atoms with van der Waals surface area (Å²) < 4.78 is 51.7. The average Bonchev–Trinajstić information content (AvgIpc) is 3.12. The first-order valence-corrected chi connectivity index (χ1v) is 13.4. The van der Waals surface area contributed by atoms with Crippen LogP contribution in [0.5, 0.6) is 0 Å². The molecule has 6 heteroatoms. The third-order valence-electron chi connectivity index (χ3n) is 12.5. The molecule has 0 radical (unpaired) electrons. The summed E-state index contributed by atoms with van der Waals surface area (Å²) in [5.41, 5.74) is 0.606. The van der Waals surface area contributed by atoms with E-state index in [1.165, 1.54) is 19.4 Å². The van der Waals surface area contributed by atoms with Crippen LogP contribution in [0.25, 0.3) is 0 Å². The highest BCUT2D eigenvalue weighted by atomic mass is 19.4. The van der Waals surface area contributed by atoms with Gasteiger partial charge in [-0.1, -0.05) is 27.7 Å². The molecule has 1 aliphatic heterocycles. The molecule has 0 amide bonds. The highest BCUT2D eigenvalue weighted by Crippen LogP contribution is 2.89. The zero-order valence-electron chi connectivity index (χ0n) is 21.1. The standard InChI is InChI=1S/C28H39F3O3/c1-15-26-13-12-25(5)18-7-9-23(28(29,30)31)34-20(18)14-19(25)17(26)6-8-21-24(3,4)22(33-16(2)32)10-11-27(15,21)26/h9,15,17-22H,6-8,10-14H2,1-5H3. The topological polar surface area (TPSA) is 35.5 Å². The molecule has 34 heavy (non-hydrogen) atoms. The van der Waals surface area contributed by atoms with Crippen LogP contribution in [0, 0.1) is 51.2 Å². The van der Waals surface area contributed by atoms with E-state index in [0.29, 0.717) is 40.9 Å². The maximum Gasteiger partial charge on any atom is 0.448 e. The van der Waals surface area contributed by atoms with Gasteiger partial charge in [-0.05, 0) is 97.4 Å². The predicted octanol–water partition coefficient (Wildman–Crippen LogP) is 7.06. The van der Waals surface area contributed by atoms with Crippen LogP contribution in [0.4, 0.5) is 13.2 Å². The van der Waals surface area contributed by atoms with Crippen molar-refractivity contribution in [3.05, 3.63) is 11.8 Å². The SMILES string of the molecule is CC(=O)OC1CCC23C(CCC4C5CC6OC(C(F)(F)F)=CCC6C5(C)CCC42C3C)C1(C)C. The molecule has 6 rings (SSSR count). The molecular weight excluding hydrogens is 441 g/mol. The molecule has 0 aromatic heterocycles. The number of ether oxygens (including phenoxy) is 2. The maximum atomic E-state index is 13.4. The smallest absolute Gasteiger partial charge is 0.448 e. The van der Waals surface area contributed by atoms with Crippen molar-refractivity contribution in [2.24, 2.45) is 51.2 Å². The van der Waals surface area contributed by atoms with Gasteiger partial charge in [0.1, 0.15) is 12.2 Å². The molecule has 0 aromatic rings. The van der Waals surface area contributed by atoms with Crippen LogP contribution < -0.4 is 0 Å². The minimum Gasteiger partial charge on any atom is -0.486 e. The van der Waals surface area contributed by atoms with Crippen molar-refractivity contribution in [1.82, 2.24) is 0 Å². The van der Waals surface area contributed by atoms with E-state index < -0.39 is 11.9 Å². The number of carbonyl (C=O) groups is 1. The molecule has 3 nitrogen and oxygen atoms in total. The first-order valence-electron chi connectivity index (χ1n) is 13.4. The molecule has 0 saturated heterocycles. The van der Waals surface area contributed by atoms with E-state index in [9.17, 15) is 18.0 Å². The Kier molecular flexibility index (Phi) is 4.62. The summed E-state index contributed by atoms with van der Waals surface area (Å²) in [6.45, 7) is 10.9. The van der Waals surface area contributed by atoms with Crippen molar-refractivity contribution in [1.29, 1.82) is 0 Å². The average molecular weight is 481 g/mol. The van der Waals surface area contributed by atoms with E-state index in [2.05, 4.69) is 27.7 Å². The van der Waals surface area contributed by atoms with E-state index >= 15 is 0 Å². The van der Waals surface area contributed by atoms with Gasteiger partial charge in [-0.15, -0.1) is 0 Å². The van der Waals surface area contributed by atoms with Gasteiger partial charge in [0.2, 0.25) is 0 Å². The van der Waals surface area contributed by atoms with Crippen molar-refractivity contribution in [2.75, 3.05) is 0 Å². The van der Waals surface area contributed by atoms with Gasteiger partial charge in [-0.2, -0.15) is 13.2 Å². The Morgan fingerprint density at radius 1 is 1.03 bits per heavy atom. The number of hydrogen-bond donors (Lipinski definition) is 0. The third kappa shape index (κ3) is 2.59. The number of hydrogen-bond acceptors (Lipinski definition) is 3. The molecule has 5 aliphatic carbocycles. The summed E-state index contributed by atoms with van der Waals surface area (Å²) >= 11 is 0. The number of halogens is 3. The van der Waals surface area contributed by atoms with E-state index in [-0.39, 0.29) is 34.9 Å². The Bertz CT molecular complexity index is 940. The monoisotopic (exact) mass is 480 g/mol. The second-order valence-corrected chi connectivity index (χ2v) is 13.4. The van der Waals surface area contributed by atoms with E-state index in [0.717, 1.165) is 38.5 Å². The Labute approximate surface area is 201 Å². The van der Waals surface area contributed by atoms with Crippen LogP contribution in [0.3, 0.4) is 0 Å². The zero-order chi connectivity index (χ0) is 24.5. The minimum atomic E-state index is -4.39. The molecule has 0 bridgehead atoms. The molecule has 0 N–H and O–H groups in total. The number of rotatable bonds is 1. The van der Waals surface area contributed by atoms with Crippen LogP contribution in [0.2, 0.25) is 0 Å². The van der Waals surface area contributed by atoms with Crippen LogP contribution >= 0.6 is 0 Å². The number of alkyl halides is 3. The quantitative estimate of drug-likeness (QED) is 0.377. The van der Waals surface area contributed by atoms with Crippen LogP contribution in [0.1, 0.15) is 86.0 Å². The Morgan fingerprint density at radius 3 is 2.44 bits per heavy atom. The lowest BCUT2D eigenvalue weighted by atomic mass is 9.46. The first-order chi connectivity index (χ1) is 15.8. The predicted molar refractivity (Wildman–Crippen MR) is 121 cm³/mol. The van der Waals surface area contributed by atoms with Gasteiger partial charge in [0.05, 0.1) is 0 Å². The summed E-state index contributed by atoms with van der Waals surface area (Å²) in [5, 5.41) is 0. The number of carbonyl (C=O) groups excluding carboxylic acids is 1. The molecule has 2 spiro atoms. The molecule has 5 saturated carbocycles. The lowest BCUT2D eigenvalue weighted by Crippen LogP contribution is -2.55. The molecule has 6 aliphatic rings. The van der Waals surface area contributed by atoms with Crippen molar-refractivity contribution < 1.29 is 27.4 Å². The maximum absolute atomic E-state index is 13.4. The van der Waals surface area contributed by atoms with Crippen LogP contribution in [0.15, 0.2) is 11.8 Å². The molecule has 10 unspecified atom stereocenters. The fraction of sp³-hybridized carbons (Fsp3) is 0.893. The zero-order valence-corrected chi connectivity index (χ0v) is 21.1. The molecule has 0 aromatic carbocycles. The van der Waals surface area contributed by atoms with Gasteiger partial charge < -0.3 is 9.47 Å². The normalized spacial score (nSPS) is 52.6. The summed E-state index contributed by atoms with van der Waals surface area (Å²) in [6, 6.07) is 0. The minimum absolute atomic E-state index is 0.0227. The highest BCUT2D eigenvalue weighted by molar-refractivity contribution is 5.66. The van der Waals surface area contributed by atoms with Gasteiger partial charge in [0.15, 0.2) is 5.76 Å². The van der Waals surface area contributed by atoms with E-state index in [1.54, 1.807) is 0 Å². The van der Waals surface area contributed by atoms with Crippen molar-refractivity contribution >= 4 is 5.97 Å². The molecule has 190 valence electrons. The molecule has 10 atom stereocenters. The van der Waals surface area contributed by atoms with Gasteiger partial charge >= 0.3 is 12.1 Å². The first kappa shape index (κ1) is 23.2. The summed E-state index contributed by atoms with van der Waals surface area (Å²) in [7, 11) is 0.